The third-order valence-electron chi connectivity index (χ3n) is 4.21. The van der Waals surface area contributed by atoms with Crippen molar-refractivity contribution >= 4 is 24.4 Å². The molecule has 0 aliphatic carbocycles. The average molecular weight is 370 g/mol. The first-order valence-electron chi connectivity index (χ1n) is 7.75. The summed E-state index contributed by atoms with van der Waals surface area (Å²) in [5, 5.41) is 7.16. The number of piperidine rings is 1. The number of phosphoric ester groups is 1. The first-order valence-corrected chi connectivity index (χ1v) is 9.28. The number of nitrogens with zero attached hydrogens (tertiary/aromatic N) is 3. The van der Waals surface area contributed by atoms with Gasteiger partial charge in [-0.15, -0.1) is 0 Å². The number of phosphoric acid groups is 1. The van der Waals surface area contributed by atoms with Gasteiger partial charge in [0.25, 0.3) is 5.56 Å². The lowest BCUT2D eigenvalue weighted by atomic mass is 9.98. The van der Waals surface area contributed by atoms with Crippen LogP contribution in [0, 0.1) is 5.92 Å². The Morgan fingerprint density at radius 2 is 2.12 bits per heavy atom. The zero-order chi connectivity index (χ0) is 18.0. The molecule has 0 radical (unpaired) electrons. The van der Waals surface area contributed by atoms with E-state index in [4.69, 9.17) is 14.5 Å². The summed E-state index contributed by atoms with van der Waals surface area (Å²) in [5.41, 5.74) is -0.360. The molecule has 10 nitrogen and oxygen atoms in total. The van der Waals surface area contributed by atoms with Gasteiger partial charge in [0.15, 0.2) is 0 Å². The summed E-state index contributed by atoms with van der Waals surface area (Å²) in [4.78, 5) is 35.9. The summed E-state index contributed by atoms with van der Waals surface area (Å²) < 4.78 is 20.6. The number of ether oxygens (including phenoxy) is 1. The molecule has 1 aliphatic rings. The Bertz CT molecular complexity index is 858. The Labute approximate surface area is 143 Å². The van der Waals surface area contributed by atoms with Crippen LogP contribution in [0.1, 0.15) is 12.8 Å². The monoisotopic (exact) mass is 370 g/mol. The number of methoxy groups -OCH3 is 1. The second kappa shape index (κ2) is 7.09. The SMILES string of the molecule is COc1nc(N2CCC(COP(=O)(O)O)CC2)cc2cn[nH]c(=O)c12. The topological polar surface area (TPSA) is 138 Å². The number of nitrogens with one attached hydrogen (secondary N) is 1. The highest BCUT2D eigenvalue weighted by molar-refractivity contribution is 7.46. The summed E-state index contributed by atoms with van der Waals surface area (Å²) in [6.07, 6.45) is 2.98. The van der Waals surface area contributed by atoms with E-state index in [1.807, 2.05) is 4.90 Å². The molecular weight excluding hydrogens is 351 g/mol. The van der Waals surface area contributed by atoms with E-state index in [1.54, 1.807) is 12.3 Å². The van der Waals surface area contributed by atoms with Crippen molar-refractivity contribution in [3.63, 3.8) is 0 Å². The van der Waals surface area contributed by atoms with Crippen molar-refractivity contribution in [1.29, 1.82) is 0 Å². The van der Waals surface area contributed by atoms with Crippen LogP contribution in [0.3, 0.4) is 0 Å². The maximum Gasteiger partial charge on any atom is 0.469 e. The zero-order valence-corrected chi connectivity index (χ0v) is 14.5. The number of hydrogen-bond donors (Lipinski definition) is 3. The van der Waals surface area contributed by atoms with E-state index in [-0.39, 0.29) is 24.0 Å². The van der Waals surface area contributed by atoms with Crippen molar-refractivity contribution in [3.8, 4) is 5.88 Å². The highest BCUT2D eigenvalue weighted by Crippen LogP contribution is 2.37. The van der Waals surface area contributed by atoms with Crippen molar-refractivity contribution in [2.24, 2.45) is 5.92 Å². The van der Waals surface area contributed by atoms with Gasteiger partial charge in [-0.25, -0.2) is 9.66 Å². The van der Waals surface area contributed by atoms with E-state index in [0.717, 1.165) is 12.8 Å². The van der Waals surface area contributed by atoms with Crippen LogP contribution in [0.25, 0.3) is 10.8 Å². The lowest BCUT2D eigenvalue weighted by molar-refractivity contribution is 0.156. The quantitative estimate of drug-likeness (QED) is 0.648. The second-order valence-corrected chi connectivity index (χ2v) is 7.11. The Hall–Kier alpha value is -2.00. The molecule has 0 atom stereocenters. The van der Waals surface area contributed by atoms with Gasteiger partial charge < -0.3 is 19.4 Å². The summed E-state index contributed by atoms with van der Waals surface area (Å²) in [7, 11) is -2.98. The lowest BCUT2D eigenvalue weighted by Gasteiger charge is -2.32. The van der Waals surface area contributed by atoms with Crippen molar-refractivity contribution in [2.45, 2.75) is 12.8 Å². The third kappa shape index (κ3) is 4.16. The van der Waals surface area contributed by atoms with Gasteiger partial charge in [-0.1, -0.05) is 0 Å². The molecule has 2 aromatic rings. The Morgan fingerprint density at radius 3 is 2.76 bits per heavy atom. The van der Waals surface area contributed by atoms with Crippen molar-refractivity contribution < 1.29 is 23.6 Å². The van der Waals surface area contributed by atoms with E-state index in [9.17, 15) is 9.36 Å². The first-order chi connectivity index (χ1) is 11.9. The van der Waals surface area contributed by atoms with Crippen molar-refractivity contribution in [3.05, 3.63) is 22.6 Å². The molecule has 0 spiro atoms. The number of pyridine rings is 1. The fraction of sp³-hybridized carbons (Fsp3) is 0.500. The first kappa shape index (κ1) is 17.8. The highest BCUT2D eigenvalue weighted by atomic mass is 31.2. The molecule has 3 rings (SSSR count). The van der Waals surface area contributed by atoms with Gasteiger partial charge in [0.05, 0.1) is 19.9 Å². The van der Waals surface area contributed by atoms with Crippen molar-refractivity contribution in [1.82, 2.24) is 15.2 Å². The molecule has 11 heteroatoms. The van der Waals surface area contributed by atoms with Crippen LogP contribution in [-0.2, 0) is 9.09 Å². The predicted octanol–water partition coefficient (Wildman–Crippen LogP) is 0.652. The van der Waals surface area contributed by atoms with E-state index < -0.39 is 7.82 Å². The smallest absolute Gasteiger partial charge is 0.469 e. The van der Waals surface area contributed by atoms with Gasteiger partial charge >= 0.3 is 7.82 Å². The molecule has 3 N–H and O–H groups in total. The van der Waals surface area contributed by atoms with E-state index in [0.29, 0.717) is 29.7 Å². The number of aromatic nitrogens is 3. The summed E-state index contributed by atoms with van der Waals surface area (Å²) in [6, 6.07) is 1.78. The predicted molar refractivity (Wildman–Crippen MR) is 89.6 cm³/mol. The molecule has 0 bridgehead atoms. The molecule has 1 fully saturated rings. The normalized spacial score (nSPS) is 16.4. The van der Waals surface area contributed by atoms with Crippen LogP contribution in [0.15, 0.2) is 17.1 Å². The highest BCUT2D eigenvalue weighted by Gasteiger charge is 2.24. The van der Waals surface area contributed by atoms with Crippen molar-refractivity contribution in [2.75, 3.05) is 31.7 Å². The maximum absolute atomic E-state index is 11.9. The number of H-pyrrole nitrogens is 1. The molecule has 0 amide bonds. The summed E-state index contributed by atoms with van der Waals surface area (Å²) in [6.45, 7) is 1.35. The fourth-order valence-electron chi connectivity index (χ4n) is 2.91. The summed E-state index contributed by atoms with van der Waals surface area (Å²) >= 11 is 0. The number of aromatic amines is 1. The van der Waals surface area contributed by atoms with Gasteiger partial charge in [-0.3, -0.25) is 9.32 Å². The molecule has 0 aromatic carbocycles. The lowest BCUT2D eigenvalue weighted by Crippen LogP contribution is -2.35. The largest absolute Gasteiger partial charge is 0.480 e. The molecule has 1 saturated heterocycles. The van der Waals surface area contributed by atoms with Crippen LogP contribution < -0.4 is 15.2 Å². The maximum atomic E-state index is 11.9. The van der Waals surface area contributed by atoms with E-state index >= 15 is 0 Å². The molecule has 0 saturated carbocycles. The zero-order valence-electron chi connectivity index (χ0n) is 13.6. The summed E-state index contributed by atoms with van der Waals surface area (Å²) in [5.74, 6) is 0.991. The molecule has 3 heterocycles. The Balaban J connectivity index is 1.75. The minimum atomic E-state index is -4.43. The van der Waals surface area contributed by atoms with Crippen LogP contribution in [-0.4, -0.2) is 51.8 Å². The Morgan fingerprint density at radius 1 is 1.40 bits per heavy atom. The molecule has 1 aliphatic heterocycles. The van der Waals surface area contributed by atoms with E-state index in [1.165, 1.54) is 7.11 Å². The van der Waals surface area contributed by atoms with E-state index in [2.05, 4.69) is 19.7 Å². The molecule has 0 unspecified atom stereocenters. The van der Waals surface area contributed by atoms with Crippen LogP contribution in [0.4, 0.5) is 5.82 Å². The van der Waals surface area contributed by atoms with Gasteiger partial charge in [0.1, 0.15) is 11.2 Å². The van der Waals surface area contributed by atoms with Crippen LogP contribution in [0.2, 0.25) is 0 Å². The van der Waals surface area contributed by atoms with Gasteiger partial charge in [0, 0.05) is 18.5 Å². The minimum absolute atomic E-state index is 0.0336. The van der Waals surface area contributed by atoms with Gasteiger partial charge in [0.2, 0.25) is 5.88 Å². The number of hydrogen-bond acceptors (Lipinski definition) is 7. The standard InChI is InChI=1S/C14H19N4O6P/c1-23-14-12-10(7-15-17-13(12)19)6-11(16-14)18-4-2-9(3-5-18)8-24-25(20,21)22/h6-7,9H,2-5,8H2,1H3,(H,17,19)(H2,20,21,22). The molecule has 2 aromatic heterocycles. The minimum Gasteiger partial charge on any atom is -0.480 e. The number of rotatable bonds is 5. The molecule has 136 valence electrons. The third-order valence-corrected chi connectivity index (χ3v) is 4.70. The fourth-order valence-corrected chi connectivity index (χ4v) is 3.32. The molecule has 25 heavy (non-hydrogen) atoms. The van der Waals surface area contributed by atoms with Crippen LogP contribution >= 0.6 is 7.82 Å². The Kier molecular flexibility index (Phi) is 5.05. The van der Waals surface area contributed by atoms with Crippen LogP contribution in [0.5, 0.6) is 5.88 Å². The average Bonchev–Trinajstić information content (AvgIpc) is 2.59. The number of fused-ring (bicyclic) bond motifs is 1. The molecular formula is C14H19N4O6P. The second-order valence-electron chi connectivity index (χ2n) is 5.87. The van der Waals surface area contributed by atoms with Gasteiger partial charge in [-0.2, -0.15) is 10.1 Å². The van der Waals surface area contributed by atoms with Gasteiger partial charge in [-0.05, 0) is 24.8 Å². The number of anilines is 1.